The van der Waals surface area contributed by atoms with Crippen LogP contribution in [0.3, 0.4) is 0 Å². The molecule has 1 heterocycles. The van der Waals surface area contributed by atoms with Crippen LogP contribution in [0.4, 0.5) is 20.6 Å². The van der Waals surface area contributed by atoms with E-state index in [0.29, 0.717) is 24.3 Å². The highest BCUT2D eigenvalue weighted by Gasteiger charge is 2.28. The Morgan fingerprint density at radius 2 is 1.53 bits per heavy atom. The van der Waals surface area contributed by atoms with Crippen LogP contribution in [0.25, 0.3) is 0 Å². The van der Waals surface area contributed by atoms with Crippen LogP contribution < -0.4 is 10.6 Å². The molecule has 0 saturated heterocycles. The molecule has 3 aromatic carbocycles. The molecule has 154 valence electrons. The number of nitrogens with zero attached hydrogens (tertiary/aromatic N) is 1. The van der Waals surface area contributed by atoms with E-state index in [1.807, 2.05) is 6.07 Å². The Labute approximate surface area is 174 Å². The molecule has 0 radical (unpaired) electrons. The minimum absolute atomic E-state index is 0.238. The van der Waals surface area contributed by atoms with Gasteiger partial charge in [0.05, 0.1) is 4.90 Å². The van der Waals surface area contributed by atoms with Crippen molar-refractivity contribution in [2.75, 3.05) is 17.2 Å². The molecule has 0 unspecified atom stereocenters. The van der Waals surface area contributed by atoms with Gasteiger partial charge in [-0.15, -0.1) is 0 Å². The van der Waals surface area contributed by atoms with E-state index < -0.39 is 16.1 Å². The molecule has 8 heteroatoms. The first kappa shape index (κ1) is 20.1. The highest BCUT2D eigenvalue weighted by Crippen LogP contribution is 2.27. The zero-order valence-electron chi connectivity index (χ0n) is 16.0. The van der Waals surface area contributed by atoms with Crippen molar-refractivity contribution >= 4 is 27.4 Å². The van der Waals surface area contributed by atoms with Gasteiger partial charge in [-0.25, -0.2) is 17.6 Å². The minimum atomic E-state index is -3.58. The van der Waals surface area contributed by atoms with Crippen molar-refractivity contribution in [3.05, 3.63) is 89.7 Å². The molecular weight excluding hydrogens is 405 g/mol. The van der Waals surface area contributed by atoms with Crippen LogP contribution >= 0.6 is 0 Å². The summed E-state index contributed by atoms with van der Waals surface area (Å²) in [5.74, 6) is -0.384. The minimum Gasteiger partial charge on any atom is -0.308 e. The van der Waals surface area contributed by atoms with Gasteiger partial charge in [-0.05, 0) is 66.1 Å². The summed E-state index contributed by atoms with van der Waals surface area (Å²) < 4.78 is 40.2. The van der Waals surface area contributed by atoms with Crippen molar-refractivity contribution < 1.29 is 17.6 Å². The zero-order chi connectivity index (χ0) is 21.1. The number of nitrogens with one attached hydrogen (secondary N) is 2. The second kappa shape index (κ2) is 8.25. The molecule has 3 aromatic rings. The number of carbonyl (C=O) groups is 1. The van der Waals surface area contributed by atoms with Crippen LogP contribution in [0.15, 0.2) is 77.7 Å². The van der Waals surface area contributed by atoms with Crippen LogP contribution in [-0.2, 0) is 23.0 Å². The molecule has 0 aromatic heterocycles. The number of carbonyl (C=O) groups excluding carboxylic acids is 1. The van der Waals surface area contributed by atoms with E-state index in [2.05, 4.69) is 10.6 Å². The molecule has 0 saturated carbocycles. The number of amides is 2. The van der Waals surface area contributed by atoms with Gasteiger partial charge < -0.3 is 10.6 Å². The van der Waals surface area contributed by atoms with Gasteiger partial charge in [-0.2, -0.15) is 4.31 Å². The summed E-state index contributed by atoms with van der Waals surface area (Å²) in [6, 6.07) is 18.8. The van der Waals surface area contributed by atoms with Crippen molar-refractivity contribution in [1.29, 1.82) is 0 Å². The lowest BCUT2D eigenvalue weighted by molar-refractivity contribution is 0.262. The lowest BCUT2D eigenvalue weighted by Gasteiger charge is -2.28. The third-order valence-electron chi connectivity index (χ3n) is 4.92. The number of sulfonamides is 1. The van der Waals surface area contributed by atoms with Crippen LogP contribution in [0.2, 0.25) is 0 Å². The molecule has 6 nitrogen and oxygen atoms in total. The predicted octanol–water partition coefficient (Wildman–Crippen LogP) is 4.22. The standard InChI is InChI=1S/C22H20FN3O3S/c23-18-7-10-19(11-8-18)24-22(27)25-20-9-6-16-12-13-26(15-17(16)14-20)30(28,29)21-4-2-1-3-5-21/h1-11,14H,12-13,15H2,(H2,24,25,27). The largest absolute Gasteiger partial charge is 0.323 e. The predicted molar refractivity (Wildman–Crippen MR) is 113 cm³/mol. The average Bonchev–Trinajstić information content (AvgIpc) is 2.75. The molecule has 0 aliphatic carbocycles. The number of urea groups is 1. The Morgan fingerprint density at radius 1 is 0.867 bits per heavy atom. The topological polar surface area (TPSA) is 78.5 Å². The van der Waals surface area contributed by atoms with Crippen molar-refractivity contribution in [3.63, 3.8) is 0 Å². The van der Waals surface area contributed by atoms with Gasteiger partial charge in [0.25, 0.3) is 0 Å². The summed E-state index contributed by atoms with van der Waals surface area (Å²) in [7, 11) is -3.58. The van der Waals surface area contributed by atoms with Crippen molar-refractivity contribution in [2.45, 2.75) is 17.9 Å². The Balaban J connectivity index is 1.48. The lowest BCUT2D eigenvalue weighted by Crippen LogP contribution is -2.36. The molecule has 2 amide bonds. The van der Waals surface area contributed by atoms with E-state index in [1.165, 1.54) is 28.6 Å². The van der Waals surface area contributed by atoms with Crippen molar-refractivity contribution in [2.24, 2.45) is 0 Å². The fraction of sp³-hybridized carbons (Fsp3) is 0.136. The Kier molecular flexibility index (Phi) is 5.52. The Bertz CT molecular complexity index is 1170. The van der Waals surface area contributed by atoms with Crippen LogP contribution in [-0.4, -0.2) is 25.3 Å². The normalized spacial score (nSPS) is 14.0. The van der Waals surface area contributed by atoms with Crippen molar-refractivity contribution in [1.82, 2.24) is 4.31 Å². The monoisotopic (exact) mass is 425 g/mol. The van der Waals surface area contributed by atoms with E-state index in [-0.39, 0.29) is 17.3 Å². The SMILES string of the molecule is O=C(Nc1ccc(F)cc1)Nc1ccc2c(c1)CN(S(=O)(=O)c1ccccc1)CC2. The van der Waals surface area contributed by atoms with Gasteiger partial charge >= 0.3 is 6.03 Å². The summed E-state index contributed by atoms with van der Waals surface area (Å²) in [6.45, 7) is 0.643. The van der Waals surface area contributed by atoms with Gasteiger partial charge in [-0.1, -0.05) is 24.3 Å². The number of benzene rings is 3. The third-order valence-corrected chi connectivity index (χ3v) is 6.78. The molecule has 0 atom stereocenters. The Morgan fingerprint density at radius 3 is 2.27 bits per heavy atom. The van der Waals surface area contributed by atoms with E-state index in [1.54, 1.807) is 42.5 Å². The fourth-order valence-electron chi connectivity index (χ4n) is 3.38. The van der Waals surface area contributed by atoms with Gasteiger partial charge in [0, 0.05) is 24.5 Å². The second-order valence-electron chi connectivity index (χ2n) is 6.97. The summed E-state index contributed by atoms with van der Waals surface area (Å²) >= 11 is 0. The molecule has 1 aliphatic rings. The first-order valence-corrected chi connectivity index (χ1v) is 10.9. The van der Waals surface area contributed by atoms with E-state index >= 15 is 0 Å². The molecule has 0 bridgehead atoms. The maximum atomic E-state index is 13.0. The number of halogens is 1. The van der Waals surface area contributed by atoms with E-state index in [9.17, 15) is 17.6 Å². The van der Waals surface area contributed by atoms with Gasteiger partial charge in [0.1, 0.15) is 5.82 Å². The van der Waals surface area contributed by atoms with Crippen molar-refractivity contribution in [3.8, 4) is 0 Å². The van der Waals surface area contributed by atoms with E-state index in [4.69, 9.17) is 0 Å². The summed E-state index contributed by atoms with van der Waals surface area (Å²) in [5.41, 5.74) is 2.92. The maximum absolute atomic E-state index is 13.0. The number of hydrogen-bond acceptors (Lipinski definition) is 3. The Hall–Kier alpha value is -3.23. The zero-order valence-corrected chi connectivity index (χ0v) is 16.8. The maximum Gasteiger partial charge on any atom is 0.323 e. The average molecular weight is 425 g/mol. The highest BCUT2D eigenvalue weighted by atomic mass is 32.2. The molecule has 1 aliphatic heterocycles. The molecule has 2 N–H and O–H groups in total. The summed E-state index contributed by atoms with van der Waals surface area (Å²) in [6.07, 6.45) is 0.601. The lowest BCUT2D eigenvalue weighted by atomic mass is 10.0. The van der Waals surface area contributed by atoms with Gasteiger partial charge in [-0.3, -0.25) is 0 Å². The molecular formula is C22H20FN3O3S. The van der Waals surface area contributed by atoms with E-state index in [0.717, 1.165) is 11.1 Å². The van der Waals surface area contributed by atoms with Gasteiger partial charge in [0.15, 0.2) is 0 Å². The molecule has 4 rings (SSSR count). The van der Waals surface area contributed by atoms with Crippen LogP contribution in [0.5, 0.6) is 0 Å². The number of rotatable bonds is 4. The first-order valence-electron chi connectivity index (χ1n) is 9.42. The smallest absolute Gasteiger partial charge is 0.308 e. The second-order valence-corrected chi connectivity index (χ2v) is 8.91. The molecule has 30 heavy (non-hydrogen) atoms. The first-order chi connectivity index (χ1) is 14.4. The molecule has 0 fully saturated rings. The third kappa shape index (κ3) is 4.34. The number of hydrogen-bond donors (Lipinski definition) is 2. The van der Waals surface area contributed by atoms with Gasteiger partial charge in [0.2, 0.25) is 10.0 Å². The fourth-order valence-corrected chi connectivity index (χ4v) is 4.82. The number of anilines is 2. The highest BCUT2D eigenvalue weighted by molar-refractivity contribution is 7.89. The molecule has 0 spiro atoms. The van der Waals surface area contributed by atoms with Crippen LogP contribution in [0, 0.1) is 5.82 Å². The number of fused-ring (bicyclic) bond motifs is 1. The quantitative estimate of drug-likeness (QED) is 0.657. The van der Waals surface area contributed by atoms with Crippen LogP contribution in [0.1, 0.15) is 11.1 Å². The summed E-state index contributed by atoms with van der Waals surface area (Å²) in [5, 5.41) is 5.36. The summed E-state index contributed by atoms with van der Waals surface area (Å²) in [4.78, 5) is 12.5.